The summed E-state index contributed by atoms with van der Waals surface area (Å²) in [5, 5.41) is 4.19. The third kappa shape index (κ3) is 4.55. The number of thiazole rings is 2. The van der Waals surface area contributed by atoms with Gasteiger partial charge in [0, 0.05) is 24.1 Å². The lowest BCUT2D eigenvalue weighted by molar-refractivity contribution is -0.685. The zero-order chi connectivity index (χ0) is 22.9. The highest BCUT2D eigenvalue weighted by Gasteiger charge is 2.25. The molecule has 0 N–H and O–H groups in total. The summed E-state index contributed by atoms with van der Waals surface area (Å²) in [7, 11) is 3.69. The standard InChI is InChI=1S/C25H24N3O2S3.ClH/c1-4-28-22(15-21-27(12-13-31-21)16-17-8-6-5-7-9-17)33-23(24(28)29)25-26(2)19-11-10-18(30-3)14-20(19)32-25;/h5-15H,4,16H2,1-3H3;1H/q+1;/p-1/b25-23+;. The van der Waals surface area contributed by atoms with Gasteiger partial charge in [-0.2, -0.15) is 4.57 Å². The van der Waals surface area contributed by atoms with Crippen LogP contribution in [0.5, 0.6) is 5.75 Å². The van der Waals surface area contributed by atoms with E-state index in [0.29, 0.717) is 6.54 Å². The Balaban J connectivity index is 0.00000274. The van der Waals surface area contributed by atoms with Gasteiger partial charge in [-0.3, -0.25) is 9.36 Å². The minimum absolute atomic E-state index is 0. The number of rotatable bonds is 5. The molecule has 1 aliphatic heterocycles. The first-order valence-electron chi connectivity index (χ1n) is 10.6. The molecule has 5 rings (SSSR count). The van der Waals surface area contributed by atoms with E-state index in [1.165, 1.54) is 5.56 Å². The highest BCUT2D eigenvalue weighted by molar-refractivity contribution is 8.08. The second-order valence-corrected chi connectivity index (χ2v) is 10.6. The average Bonchev–Trinajstić information content (AvgIpc) is 3.50. The number of thioether (sulfide) groups is 1. The maximum Gasteiger partial charge on any atom is 0.271 e. The Labute approximate surface area is 216 Å². The number of hydrogen-bond acceptors (Lipinski definition) is 6. The molecule has 0 amide bonds. The zero-order valence-electron chi connectivity index (χ0n) is 19.0. The SMILES string of the molecule is CCn1c(=O)/c(=C2\Sc3cc(OC)ccc3N2C)s/c1=C\c1scc[n+]1Cc1ccccc1.[Cl-]. The first-order valence-corrected chi connectivity index (χ1v) is 13.2. The normalized spacial score (nSPS) is 14.8. The summed E-state index contributed by atoms with van der Waals surface area (Å²) in [5.74, 6) is 0.822. The summed E-state index contributed by atoms with van der Waals surface area (Å²) in [6.45, 7) is 3.46. The summed E-state index contributed by atoms with van der Waals surface area (Å²) in [6, 6.07) is 16.5. The summed E-state index contributed by atoms with van der Waals surface area (Å²) >= 11 is 4.88. The van der Waals surface area contributed by atoms with Crippen molar-refractivity contribution in [1.82, 2.24) is 4.57 Å². The molecule has 0 bridgehead atoms. The van der Waals surface area contributed by atoms with Gasteiger partial charge < -0.3 is 22.0 Å². The number of methoxy groups -OCH3 is 1. The number of anilines is 1. The van der Waals surface area contributed by atoms with Crippen LogP contribution >= 0.6 is 34.4 Å². The Bertz CT molecular complexity index is 1490. The Morgan fingerprint density at radius 2 is 1.94 bits per heavy atom. The van der Waals surface area contributed by atoms with Gasteiger partial charge in [-0.1, -0.05) is 53.4 Å². The molecular weight excluding hydrogens is 506 g/mol. The minimum atomic E-state index is 0. The van der Waals surface area contributed by atoms with Gasteiger partial charge in [0.05, 0.1) is 24.3 Å². The molecule has 176 valence electrons. The van der Waals surface area contributed by atoms with Crippen molar-refractivity contribution >= 4 is 51.2 Å². The number of nitrogens with zero attached hydrogens (tertiary/aromatic N) is 3. The van der Waals surface area contributed by atoms with E-state index in [9.17, 15) is 4.79 Å². The van der Waals surface area contributed by atoms with Crippen molar-refractivity contribution in [3.8, 4) is 5.75 Å². The molecule has 0 saturated heterocycles. The van der Waals surface area contributed by atoms with Crippen molar-refractivity contribution in [3.05, 3.63) is 90.2 Å². The topological polar surface area (TPSA) is 38.4 Å². The fourth-order valence-corrected chi connectivity index (χ4v) is 7.22. The maximum atomic E-state index is 13.4. The average molecular weight is 530 g/mol. The Morgan fingerprint density at radius 1 is 1.15 bits per heavy atom. The van der Waals surface area contributed by atoms with E-state index in [1.807, 2.05) is 42.8 Å². The number of benzene rings is 2. The zero-order valence-corrected chi connectivity index (χ0v) is 22.2. The molecule has 2 aromatic heterocycles. The van der Waals surface area contributed by atoms with Gasteiger partial charge >= 0.3 is 0 Å². The minimum Gasteiger partial charge on any atom is -1.00 e. The van der Waals surface area contributed by atoms with Crippen LogP contribution in [0.25, 0.3) is 11.1 Å². The Hall–Kier alpha value is -2.52. The van der Waals surface area contributed by atoms with Gasteiger partial charge in [-0.25, -0.2) is 0 Å². The monoisotopic (exact) mass is 529 g/mol. The van der Waals surface area contributed by atoms with E-state index in [0.717, 1.165) is 42.1 Å². The number of aromatic nitrogens is 2. The van der Waals surface area contributed by atoms with Gasteiger partial charge in [0.15, 0.2) is 12.7 Å². The van der Waals surface area contributed by atoms with Crippen molar-refractivity contribution in [2.45, 2.75) is 24.9 Å². The molecule has 0 saturated carbocycles. The first-order chi connectivity index (χ1) is 16.1. The first kappa shape index (κ1) is 24.6. The fraction of sp³-hybridized carbons (Fsp3) is 0.200. The second-order valence-electron chi connectivity index (χ2n) is 7.62. The van der Waals surface area contributed by atoms with Gasteiger partial charge in [0.1, 0.15) is 20.0 Å². The highest BCUT2D eigenvalue weighted by Crippen LogP contribution is 2.46. The fourth-order valence-electron chi connectivity index (χ4n) is 3.88. The van der Waals surface area contributed by atoms with E-state index in [4.69, 9.17) is 4.74 Å². The van der Waals surface area contributed by atoms with Crippen LogP contribution in [0.1, 0.15) is 17.5 Å². The van der Waals surface area contributed by atoms with Crippen molar-refractivity contribution in [2.75, 3.05) is 19.1 Å². The van der Waals surface area contributed by atoms with Crippen LogP contribution in [0.3, 0.4) is 0 Å². The van der Waals surface area contributed by atoms with Crippen molar-refractivity contribution in [1.29, 1.82) is 0 Å². The van der Waals surface area contributed by atoms with Gasteiger partial charge in [-0.15, -0.1) is 11.3 Å². The summed E-state index contributed by atoms with van der Waals surface area (Å²) in [6.07, 6.45) is 4.24. The summed E-state index contributed by atoms with van der Waals surface area (Å²) in [4.78, 5) is 16.6. The van der Waals surface area contributed by atoms with E-state index in [2.05, 4.69) is 51.4 Å². The lowest BCUT2D eigenvalue weighted by Gasteiger charge is -2.12. The van der Waals surface area contributed by atoms with Gasteiger partial charge in [-0.05, 0) is 25.1 Å². The Morgan fingerprint density at radius 3 is 2.68 bits per heavy atom. The van der Waals surface area contributed by atoms with Crippen LogP contribution in [0.2, 0.25) is 0 Å². The number of ether oxygens (including phenoxy) is 1. The molecule has 0 spiro atoms. The molecule has 5 nitrogen and oxygen atoms in total. The van der Waals surface area contributed by atoms with Crippen molar-refractivity contribution < 1.29 is 21.7 Å². The van der Waals surface area contributed by atoms with E-state index in [1.54, 1.807) is 41.5 Å². The van der Waals surface area contributed by atoms with Crippen molar-refractivity contribution in [2.24, 2.45) is 0 Å². The quantitative estimate of drug-likeness (QED) is 0.353. The lowest BCUT2D eigenvalue weighted by Crippen LogP contribution is -3.00. The van der Waals surface area contributed by atoms with Gasteiger partial charge in [0.2, 0.25) is 0 Å². The number of fused-ring (bicyclic) bond motifs is 1. The third-order valence-corrected chi connectivity index (χ3v) is 8.94. The molecule has 0 aliphatic carbocycles. The molecule has 34 heavy (non-hydrogen) atoms. The largest absolute Gasteiger partial charge is 1.00 e. The molecule has 1 aliphatic rings. The molecule has 2 aromatic carbocycles. The van der Waals surface area contributed by atoms with E-state index < -0.39 is 0 Å². The molecule has 4 aromatic rings. The predicted octanol–water partition coefficient (Wildman–Crippen LogP) is 0.476. The Kier molecular flexibility index (Phi) is 7.52. The third-order valence-electron chi connectivity index (χ3n) is 5.62. The van der Waals surface area contributed by atoms with Crippen LogP contribution in [0.15, 0.2) is 69.8 Å². The second kappa shape index (κ2) is 10.4. The molecule has 3 heterocycles. The number of hydrogen-bond donors (Lipinski definition) is 0. The predicted molar refractivity (Wildman–Crippen MR) is 138 cm³/mol. The van der Waals surface area contributed by atoms with Crippen LogP contribution in [-0.4, -0.2) is 18.7 Å². The highest BCUT2D eigenvalue weighted by atomic mass is 35.5. The van der Waals surface area contributed by atoms with Crippen LogP contribution in [-0.2, 0) is 13.1 Å². The van der Waals surface area contributed by atoms with Crippen molar-refractivity contribution in [3.63, 3.8) is 0 Å². The molecule has 0 radical (unpaired) electrons. The maximum absolute atomic E-state index is 13.4. The smallest absolute Gasteiger partial charge is 0.271 e. The molecule has 0 unspecified atom stereocenters. The number of halogens is 1. The van der Waals surface area contributed by atoms with Crippen LogP contribution in [0.4, 0.5) is 5.69 Å². The van der Waals surface area contributed by atoms with E-state index in [-0.39, 0.29) is 18.0 Å². The van der Waals surface area contributed by atoms with Crippen LogP contribution < -0.4 is 41.4 Å². The summed E-state index contributed by atoms with van der Waals surface area (Å²) < 4.78 is 11.2. The lowest BCUT2D eigenvalue weighted by atomic mass is 10.2. The molecular formula is C25H24ClN3O2S3. The molecule has 0 fully saturated rings. The molecule has 0 atom stereocenters. The summed E-state index contributed by atoms with van der Waals surface area (Å²) in [5.41, 5.74) is 2.41. The van der Waals surface area contributed by atoms with Gasteiger partial charge in [0.25, 0.3) is 10.6 Å². The van der Waals surface area contributed by atoms with Crippen LogP contribution in [0, 0.1) is 0 Å². The molecule has 9 heteroatoms. The van der Waals surface area contributed by atoms with E-state index >= 15 is 0 Å².